The third-order valence-electron chi connectivity index (χ3n) is 4.46. The minimum absolute atomic E-state index is 0.0641. The third kappa shape index (κ3) is 4.42. The predicted molar refractivity (Wildman–Crippen MR) is 102 cm³/mol. The van der Waals surface area contributed by atoms with Gasteiger partial charge < -0.3 is 10.2 Å². The topological polar surface area (TPSA) is 49.4 Å². The highest BCUT2D eigenvalue weighted by molar-refractivity contribution is 7.98. The molecule has 1 N–H and O–H groups in total. The van der Waals surface area contributed by atoms with E-state index >= 15 is 0 Å². The number of hydrogen-bond donors (Lipinski definition) is 1. The maximum atomic E-state index is 12.5. The highest BCUT2D eigenvalue weighted by Gasteiger charge is 2.34. The van der Waals surface area contributed by atoms with Crippen molar-refractivity contribution in [2.75, 3.05) is 24.7 Å². The van der Waals surface area contributed by atoms with E-state index in [0.29, 0.717) is 19.5 Å². The van der Waals surface area contributed by atoms with Crippen molar-refractivity contribution < 1.29 is 9.59 Å². The molecule has 1 aliphatic heterocycles. The van der Waals surface area contributed by atoms with Crippen LogP contribution in [0.2, 0.25) is 0 Å². The summed E-state index contributed by atoms with van der Waals surface area (Å²) in [4.78, 5) is 27.6. The number of nitrogens with zero attached hydrogens (tertiary/aromatic N) is 1. The van der Waals surface area contributed by atoms with Gasteiger partial charge >= 0.3 is 0 Å². The lowest BCUT2D eigenvalue weighted by atomic mass is 10.1. The molecule has 2 aromatic carbocycles. The number of amides is 2. The van der Waals surface area contributed by atoms with Crippen molar-refractivity contribution >= 4 is 29.3 Å². The fourth-order valence-electron chi connectivity index (χ4n) is 3.06. The molecule has 0 saturated carbocycles. The molecule has 1 fully saturated rings. The molecule has 0 aromatic heterocycles. The van der Waals surface area contributed by atoms with Crippen LogP contribution in [0, 0.1) is 5.92 Å². The fraction of sp³-hybridized carbons (Fsp3) is 0.300. The van der Waals surface area contributed by atoms with E-state index in [-0.39, 0.29) is 17.7 Å². The Bertz CT molecular complexity index is 748. The monoisotopic (exact) mass is 354 g/mol. The summed E-state index contributed by atoms with van der Waals surface area (Å²) in [5.74, 6) is -0.288. The van der Waals surface area contributed by atoms with Gasteiger partial charge in [0.15, 0.2) is 0 Å². The van der Waals surface area contributed by atoms with E-state index in [4.69, 9.17) is 0 Å². The van der Waals surface area contributed by atoms with E-state index < -0.39 is 0 Å². The number of hydrogen-bond acceptors (Lipinski definition) is 3. The number of anilines is 1. The quantitative estimate of drug-likeness (QED) is 0.809. The van der Waals surface area contributed by atoms with Gasteiger partial charge in [0.05, 0.1) is 11.6 Å². The van der Waals surface area contributed by atoms with Crippen LogP contribution in [0.4, 0.5) is 5.69 Å². The number of thioether (sulfide) groups is 1. The second-order valence-electron chi connectivity index (χ2n) is 6.17. The van der Waals surface area contributed by atoms with Crippen LogP contribution in [0.15, 0.2) is 59.5 Å². The Morgan fingerprint density at radius 1 is 1.16 bits per heavy atom. The van der Waals surface area contributed by atoms with E-state index in [0.717, 1.165) is 17.0 Å². The Hall–Kier alpha value is -2.27. The van der Waals surface area contributed by atoms with Gasteiger partial charge in [-0.3, -0.25) is 9.59 Å². The molecule has 1 unspecified atom stereocenters. The van der Waals surface area contributed by atoms with Crippen LogP contribution in [-0.2, 0) is 16.0 Å². The summed E-state index contributed by atoms with van der Waals surface area (Å²) in [6.45, 7) is 1.16. The van der Waals surface area contributed by atoms with Crippen LogP contribution in [0.5, 0.6) is 0 Å². The van der Waals surface area contributed by atoms with E-state index in [1.165, 1.54) is 5.56 Å². The van der Waals surface area contributed by atoms with Gasteiger partial charge in [-0.2, -0.15) is 0 Å². The third-order valence-corrected chi connectivity index (χ3v) is 5.26. The average molecular weight is 354 g/mol. The molecule has 0 radical (unpaired) electrons. The van der Waals surface area contributed by atoms with Crippen LogP contribution in [-0.4, -0.2) is 36.1 Å². The lowest BCUT2D eigenvalue weighted by molar-refractivity contribution is -0.128. The number of nitrogens with one attached hydrogen (secondary N) is 1. The normalized spacial score (nSPS) is 16.9. The zero-order valence-corrected chi connectivity index (χ0v) is 15.1. The maximum Gasteiger partial charge on any atom is 0.229 e. The first kappa shape index (κ1) is 17.5. The van der Waals surface area contributed by atoms with Gasteiger partial charge in [0, 0.05) is 24.4 Å². The maximum absolute atomic E-state index is 12.5. The van der Waals surface area contributed by atoms with E-state index in [1.807, 2.05) is 48.7 Å². The number of rotatable bonds is 6. The molecule has 1 heterocycles. The van der Waals surface area contributed by atoms with Crippen LogP contribution in [0.3, 0.4) is 0 Å². The molecule has 0 spiro atoms. The molecular formula is C20H22N2O2S. The smallest absolute Gasteiger partial charge is 0.229 e. The molecule has 130 valence electrons. The standard InChI is InChI=1S/C20H22N2O2S/c1-25-18-10-6-5-9-17(18)21-20(24)16-13-19(23)22(14-16)12-11-15-7-3-2-4-8-15/h2-10,16H,11-14H2,1H3,(H,21,24). The van der Waals surface area contributed by atoms with Crippen molar-refractivity contribution in [2.45, 2.75) is 17.7 Å². The van der Waals surface area contributed by atoms with Crippen molar-refractivity contribution in [3.8, 4) is 0 Å². The van der Waals surface area contributed by atoms with E-state index in [1.54, 1.807) is 16.7 Å². The molecule has 2 amide bonds. The summed E-state index contributed by atoms with van der Waals surface area (Å²) in [7, 11) is 0. The summed E-state index contributed by atoms with van der Waals surface area (Å²) in [6, 6.07) is 17.8. The number of carbonyl (C=O) groups excluding carboxylic acids is 2. The van der Waals surface area contributed by atoms with Gasteiger partial charge in [-0.05, 0) is 30.4 Å². The molecule has 2 aromatic rings. The average Bonchev–Trinajstić information content (AvgIpc) is 3.02. The largest absolute Gasteiger partial charge is 0.342 e. The molecule has 5 heteroatoms. The van der Waals surface area contributed by atoms with Gasteiger partial charge in [-0.25, -0.2) is 0 Å². The second kappa shape index (κ2) is 8.21. The zero-order valence-electron chi connectivity index (χ0n) is 14.3. The molecule has 1 saturated heterocycles. The Morgan fingerprint density at radius 2 is 1.88 bits per heavy atom. The number of carbonyl (C=O) groups is 2. The number of para-hydroxylation sites is 1. The highest BCUT2D eigenvalue weighted by atomic mass is 32.2. The minimum Gasteiger partial charge on any atom is -0.342 e. The second-order valence-corrected chi connectivity index (χ2v) is 7.01. The summed E-state index contributed by atoms with van der Waals surface area (Å²) in [5.41, 5.74) is 2.02. The molecule has 25 heavy (non-hydrogen) atoms. The van der Waals surface area contributed by atoms with Gasteiger partial charge in [0.2, 0.25) is 11.8 Å². The first-order valence-electron chi connectivity index (χ1n) is 8.43. The van der Waals surface area contributed by atoms with Gasteiger partial charge in [0.1, 0.15) is 0 Å². The van der Waals surface area contributed by atoms with E-state index in [9.17, 15) is 9.59 Å². The molecule has 3 rings (SSSR count). The van der Waals surface area contributed by atoms with Gasteiger partial charge in [-0.1, -0.05) is 42.5 Å². The molecular weight excluding hydrogens is 332 g/mol. The van der Waals surface area contributed by atoms with E-state index in [2.05, 4.69) is 17.4 Å². The van der Waals surface area contributed by atoms with Crippen LogP contribution >= 0.6 is 11.8 Å². The Labute approximate surface area is 152 Å². The number of benzene rings is 2. The zero-order chi connectivity index (χ0) is 17.6. The van der Waals surface area contributed by atoms with Gasteiger partial charge in [0.25, 0.3) is 0 Å². The molecule has 0 bridgehead atoms. The highest BCUT2D eigenvalue weighted by Crippen LogP contribution is 2.26. The first-order chi connectivity index (χ1) is 12.2. The van der Waals surface area contributed by atoms with Crippen LogP contribution < -0.4 is 5.32 Å². The lowest BCUT2D eigenvalue weighted by Gasteiger charge is -2.17. The Balaban J connectivity index is 1.57. The minimum atomic E-state index is -0.279. The van der Waals surface area contributed by atoms with Crippen molar-refractivity contribution in [1.82, 2.24) is 4.90 Å². The number of likely N-dealkylation sites (tertiary alicyclic amines) is 1. The van der Waals surface area contributed by atoms with Crippen molar-refractivity contribution in [3.05, 3.63) is 60.2 Å². The molecule has 1 atom stereocenters. The summed E-state index contributed by atoms with van der Waals surface area (Å²) in [6.07, 6.45) is 3.09. The first-order valence-corrected chi connectivity index (χ1v) is 9.65. The van der Waals surface area contributed by atoms with Gasteiger partial charge in [-0.15, -0.1) is 11.8 Å². The summed E-state index contributed by atoms with van der Waals surface area (Å²) >= 11 is 1.59. The predicted octanol–water partition coefficient (Wildman–Crippen LogP) is 3.44. The Morgan fingerprint density at radius 3 is 2.64 bits per heavy atom. The van der Waals surface area contributed by atoms with Crippen molar-refractivity contribution in [3.63, 3.8) is 0 Å². The van der Waals surface area contributed by atoms with Crippen molar-refractivity contribution in [2.24, 2.45) is 5.92 Å². The Kier molecular flexibility index (Phi) is 5.76. The summed E-state index contributed by atoms with van der Waals surface area (Å²) < 4.78 is 0. The molecule has 0 aliphatic carbocycles. The lowest BCUT2D eigenvalue weighted by Crippen LogP contribution is -2.30. The van der Waals surface area contributed by atoms with Crippen molar-refractivity contribution in [1.29, 1.82) is 0 Å². The molecule has 1 aliphatic rings. The SMILES string of the molecule is CSc1ccccc1NC(=O)C1CC(=O)N(CCc2ccccc2)C1. The molecule has 4 nitrogen and oxygen atoms in total. The van der Waals surface area contributed by atoms with Crippen LogP contribution in [0.1, 0.15) is 12.0 Å². The fourth-order valence-corrected chi connectivity index (χ4v) is 3.61. The van der Waals surface area contributed by atoms with Crippen LogP contribution in [0.25, 0.3) is 0 Å². The summed E-state index contributed by atoms with van der Waals surface area (Å²) in [5, 5.41) is 2.98.